The van der Waals surface area contributed by atoms with Crippen LogP contribution in [0.5, 0.6) is 0 Å². The molecule has 1 aliphatic carbocycles. The maximum absolute atomic E-state index is 13.5. The molecule has 1 aromatic rings. The Morgan fingerprint density at radius 2 is 1.60 bits per heavy atom. The number of hydrogen-bond acceptors (Lipinski definition) is 5. The molecule has 1 amide bonds. The van der Waals surface area contributed by atoms with E-state index < -0.39 is 6.29 Å². The Kier molecular flexibility index (Phi) is 8.43. The molecule has 0 spiro atoms. The number of aliphatic hydroxyl groups excluding tert-OH is 1. The summed E-state index contributed by atoms with van der Waals surface area (Å²) >= 11 is 0. The number of piperidine rings is 2. The molecular weight excluding hydrogens is 440 g/mol. The second-order valence-electron chi connectivity index (χ2n) is 10.9. The van der Waals surface area contributed by atoms with E-state index in [0.29, 0.717) is 30.2 Å². The second kappa shape index (κ2) is 11.9. The van der Waals surface area contributed by atoms with Crippen LogP contribution in [-0.4, -0.2) is 59.3 Å². The number of rotatable bonds is 7. The molecule has 1 N–H and O–H groups in total. The average molecular weight is 483 g/mol. The molecule has 3 heterocycles. The van der Waals surface area contributed by atoms with Gasteiger partial charge < -0.3 is 24.4 Å². The van der Waals surface area contributed by atoms with E-state index in [2.05, 4.69) is 11.0 Å². The maximum Gasteiger partial charge on any atom is 0.288 e. The van der Waals surface area contributed by atoms with Gasteiger partial charge in [-0.15, -0.1) is 0 Å². The summed E-state index contributed by atoms with van der Waals surface area (Å²) in [6, 6.07) is 8.43. The SMILES string of the molecule is O=C(C1=C[C@@H](C2CCCC2)C[C@@H](OCc2ccc(CO)cc2)O1)N1CCC(N2CCCCC2)CC1. The van der Waals surface area contributed by atoms with Gasteiger partial charge in [-0.05, 0) is 80.7 Å². The zero-order valence-electron chi connectivity index (χ0n) is 21.1. The monoisotopic (exact) mass is 482 g/mol. The molecule has 4 aliphatic rings. The van der Waals surface area contributed by atoms with E-state index in [4.69, 9.17) is 9.47 Å². The van der Waals surface area contributed by atoms with E-state index in [1.165, 1.54) is 58.0 Å². The van der Waals surface area contributed by atoms with Crippen molar-refractivity contribution < 1.29 is 19.4 Å². The van der Waals surface area contributed by atoms with E-state index in [1.807, 2.05) is 29.2 Å². The Morgan fingerprint density at radius 3 is 2.29 bits per heavy atom. The number of benzene rings is 1. The Bertz CT molecular complexity index is 850. The zero-order chi connectivity index (χ0) is 24.0. The van der Waals surface area contributed by atoms with Crippen LogP contribution in [0.15, 0.2) is 36.1 Å². The molecule has 0 aromatic heterocycles. The minimum absolute atomic E-state index is 0.0431. The van der Waals surface area contributed by atoms with Crippen molar-refractivity contribution in [3.05, 3.63) is 47.2 Å². The highest BCUT2D eigenvalue weighted by atomic mass is 16.7. The van der Waals surface area contributed by atoms with Gasteiger partial charge in [0.15, 0.2) is 5.76 Å². The van der Waals surface area contributed by atoms with Crippen molar-refractivity contribution in [2.24, 2.45) is 11.8 Å². The lowest BCUT2D eigenvalue weighted by Gasteiger charge is -2.41. The van der Waals surface area contributed by atoms with Crippen molar-refractivity contribution in [2.75, 3.05) is 26.2 Å². The van der Waals surface area contributed by atoms with Gasteiger partial charge in [0.2, 0.25) is 6.29 Å². The van der Waals surface area contributed by atoms with Crippen LogP contribution in [0.4, 0.5) is 0 Å². The van der Waals surface area contributed by atoms with Crippen LogP contribution in [0.25, 0.3) is 0 Å². The number of carbonyl (C=O) groups is 1. The lowest BCUT2D eigenvalue weighted by molar-refractivity contribution is -0.161. The summed E-state index contributed by atoms with van der Waals surface area (Å²) in [6.45, 7) is 4.56. The van der Waals surface area contributed by atoms with E-state index >= 15 is 0 Å². The summed E-state index contributed by atoms with van der Waals surface area (Å²) in [5.41, 5.74) is 1.94. The van der Waals surface area contributed by atoms with Crippen LogP contribution in [0, 0.1) is 11.8 Å². The predicted molar refractivity (Wildman–Crippen MR) is 135 cm³/mol. The third-order valence-electron chi connectivity index (χ3n) is 8.60. The summed E-state index contributed by atoms with van der Waals surface area (Å²) in [7, 11) is 0. The summed E-state index contributed by atoms with van der Waals surface area (Å²) in [4.78, 5) is 18.2. The summed E-state index contributed by atoms with van der Waals surface area (Å²) < 4.78 is 12.4. The Hall–Kier alpha value is -1.89. The number of aliphatic hydroxyl groups is 1. The van der Waals surface area contributed by atoms with Gasteiger partial charge in [-0.2, -0.15) is 0 Å². The van der Waals surface area contributed by atoms with Crippen molar-refractivity contribution in [3.63, 3.8) is 0 Å². The number of hydrogen-bond donors (Lipinski definition) is 1. The molecule has 6 nitrogen and oxygen atoms in total. The largest absolute Gasteiger partial charge is 0.459 e. The second-order valence-corrected chi connectivity index (χ2v) is 10.9. The first-order valence-corrected chi connectivity index (χ1v) is 13.9. The molecule has 2 saturated heterocycles. The van der Waals surface area contributed by atoms with Crippen LogP contribution < -0.4 is 0 Å². The topological polar surface area (TPSA) is 62.2 Å². The van der Waals surface area contributed by atoms with Gasteiger partial charge in [0, 0.05) is 25.6 Å². The van der Waals surface area contributed by atoms with Gasteiger partial charge in [-0.1, -0.05) is 43.5 Å². The summed E-state index contributed by atoms with van der Waals surface area (Å²) in [5, 5.41) is 9.27. The fourth-order valence-corrected chi connectivity index (χ4v) is 6.46. The molecule has 1 aromatic carbocycles. The van der Waals surface area contributed by atoms with E-state index in [-0.39, 0.29) is 12.5 Å². The van der Waals surface area contributed by atoms with Crippen LogP contribution in [0.2, 0.25) is 0 Å². The van der Waals surface area contributed by atoms with Crippen LogP contribution in [-0.2, 0) is 27.5 Å². The minimum atomic E-state index is -0.395. The zero-order valence-corrected chi connectivity index (χ0v) is 21.1. The number of allylic oxidation sites excluding steroid dienone is 1. The van der Waals surface area contributed by atoms with E-state index in [9.17, 15) is 9.90 Å². The molecule has 6 heteroatoms. The molecule has 5 rings (SSSR count). The van der Waals surface area contributed by atoms with Crippen LogP contribution in [0.1, 0.15) is 75.3 Å². The number of likely N-dealkylation sites (tertiary alicyclic amines) is 2. The highest BCUT2D eigenvalue weighted by Crippen LogP contribution is 2.39. The molecule has 3 aliphatic heterocycles. The van der Waals surface area contributed by atoms with Crippen LogP contribution in [0.3, 0.4) is 0 Å². The third kappa shape index (κ3) is 6.28. The summed E-state index contributed by atoms with van der Waals surface area (Å²) in [6.07, 6.45) is 13.7. The maximum atomic E-state index is 13.5. The first-order chi connectivity index (χ1) is 17.2. The first kappa shape index (κ1) is 24.8. The highest BCUT2D eigenvalue weighted by Gasteiger charge is 2.36. The number of amides is 1. The number of nitrogens with zero attached hydrogens (tertiary/aromatic N) is 2. The summed E-state index contributed by atoms with van der Waals surface area (Å²) in [5.74, 6) is 1.52. The first-order valence-electron chi connectivity index (χ1n) is 13.9. The smallest absolute Gasteiger partial charge is 0.288 e. The molecule has 35 heavy (non-hydrogen) atoms. The normalized spacial score (nSPS) is 27.0. The van der Waals surface area contributed by atoms with Gasteiger partial charge in [-0.25, -0.2) is 0 Å². The Labute approximate surface area is 210 Å². The molecule has 0 bridgehead atoms. The molecule has 1 saturated carbocycles. The quantitative estimate of drug-likeness (QED) is 0.615. The standard InChI is InChI=1S/C29H42N2O4/c32-20-22-8-10-23(11-9-22)21-34-28-19-25(24-6-2-3-7-24)18-27(35-28)29(33)31-16-12-26(13-17-31)30-14-4-1-5-15-30/h8-11,18,24-26,28,32H,1-7,12-17,19-21H2/t25-,28+/m1/s1. The average Bonchev–Trinajstić information content (AvgIpc) is 3.48. The molecule has 2 atom stereocenters. The lowest BCUT2D eigenvalue weighted by Crippen LogP contribution is -2.49. The fourth-order valence-electron chi connectivity index (χ4n) is 6.46. The van der Waals surface area contributed by atoms with Gasteiger partial charge in [0.05, 0.1) is 13.2 Å². The van der Waals surface area contributed by atoms with Crippen molar-refractivity contribution in [2.45, 2.75) is 89.8 Å². The fraction of sp³-hybridized carbons (Fsp3) is 0.690. The Morgan fingerprint density at radius 1 is 0.914 bits per heavy atom. The van der Waals surface area contributed by atoms with E-state index in [0.717, 1.165) is 43.5 Å². The van der Waals surface area contributed by atoms with Crippen LogP contribution >= 0.6 is 0 Å². The highest BCUT2D eigenvalue weighted by molar-refractivity contribution is 5.91. The molecule has 0 radical (unpaired) electrons. The van der Waals surface area contributed by atoms with Gasteiger partial charge in [0.1, 0.15) is 0 Å². The lowest BCUT2D eigenvalue weighted by atomic mass is 9.86. The molecule has 0 unspecified atom stereocenters. The van der Waals surface area contributed by atoms with Crippen molar-refractivity contribution in [1.29, 1.82) is 0 Å². The van der Waals surface area contributed by atoms with Crippen molar-refractivity contribution in [1.82, 2.24) is 9.80 Å². The third-order valence-corrected chi connectivity index (χ3v) is 8.60. The Balaban J connectivity index is 1.20. The molecule has 3 fully saturated rings. The number of ether oxygens (including phenoxy) is 2. The van der Waals surface area contributed by atoms with Gasteiger partial charge in [-0.3, -0.25) is 4.79 Å². The van der Waals surface area contributed by atoms with Crippen molar-refractivity contribution in [3.8, 4) is 0 Å². The van der Waals surface area contributed by atoms with Gasteiger partial charge in [0.25, 0.3) is 5.91 Å². The van der Waals surface area contributed by atoms with E-state index in [1.54, 1.807) is 0 Å². The number of carbonyl (C=O) groups excluding carboxylic acids is 1. The van der Waals surface area contributed by atoms with Gasteiger partial charge >= 0.3 is 0 Å². The minimum Gasteiger partial charge on any atom is -0.459 e. The predicted octanol–water partition coefficient (Wildman–Crippen LogP) is 4.61. The molecular formula is C29H42N2O4. The van der Waals surface area contributed by atoms with Crippen molar-refractivity contribution >= 4 is 5.91 Å². The molecule has 192 valence electrons.